The maximum atomic E-state index is 14.9. The minimum absolute atomic E-state index is 0.0457. The molecule has 5 rings (SSSR count). The minimum Gasteiger partial charge on any atom is -0.454 e. The van der Waals surface area contributed by atoms with Crippen molar-refractivity contribution in [3.8, 4) is 17.2 Å². The number of pyridine rings is 2. The van der Waals surface area contributed by atoms with Crippen molar-refractivity contribution in [3.05, 3.63) is 104 Å². The molecule has 39 heavy (non-hydrogen) atoms. The van der Waals surface area contributed by atoms with Crippen LogP contribution in [0.1, 0.15) is 23.2 Å². The molecule has 2 aromatic carbocycles. The Morgan fingerprint density at radius 1 is 0.974 bits per heavy atom. The third kappa shape index (κ3) is 5.95. The highest BCUT2D eigenvalue weighted by Gasteiger charge is 2.30. The first-order valence-corrected chi connectivity index (χ1v) is 12.7. The first kappa shape index (κ1) is 26.4. The van der Waals surface area contributed by atoms with Gasteiger partial charge in [-0.2, -0.15) is 0 Å². The molecule has 2 aromatic heterocycles. The van der Waals surface area contributed by atoms with Crippen LogP contribution in [0, 0.1) is 26.9 Å². The molecule has 0 saturated heterocycles. The maximum Gasteiger partial charge on any atom is 0.269 e. The van der Waals surface area contributed by atoms with Crippen LogP contribution in [0.15, 0.2) is 71.8 Å². The smallest absolute Gasteiger partial charge is 0.269 e. The zero-order chi connectivity index (χ0) is 27.7. The number of rotatable bonds is 7. The van der Waals surface area contributed by atoms with Crippen LogP contribution >= 0.6 is 22.6 Å². The summed E-state index contributed by atoms with van der Waals surface area (Å²) in [6, 6.07) is 10.8. The molecule has 0 radical (unpaired) electrons. The van der Waals surface area contributed by atoms with E-state index in [1.165, 1.54) is 42.7 Å². The van der Waals surface area contributed by atoms with Crippen LogP contribution in [0.3, 0.4) is 0 Å². The number of aromatic nitrogens is 2. The van der Waals surface area contributed by atoms with Gasteiger partial charge in [0.25, 0.3) is 11.5 Å². The first-order valence-electron chi connectivity index (χ1n) is 11.6. The summed E-state index contributed by atoms with van der Waals surface area (Å²) < 4.78 is 49.9. The number of carbonyl (C=O) groups excluding carboxylic acids is 2. The van der Waals surface area contributed by atoms with E-state index in [-0.39, 0.29) is 32.5 Å². The molecule has 0 spiro atoms. The Kier molecular flexibility index (Phi) is 7.37. The summed E-state index contributed by atoms with van der Waals surface area (Å²) in [5.74, 6) is -3.83. The predicted molar refractivity (Wildman–Crippen MR) is 145 cm³/mol. The topological polar surface area (TPSA) is 102 Å². The van der Waals surface area contributed by atoms with Gasteiger partial charge in [-0.05, 0) is 71.8 Å². The number of halogens is 4. The molecular weight excluding hydrogens is 628 g/mol. The number of nitrogens with zero attached hydrogens (tertiary/aromatic N) is 2. The van der Waals surface area contributed by atoms with E-state index in [9.17, 15) is 27.6 Å². The normalized spacial score (nSPS) is 12.6. The lowest BCUT2D eigenvalue weighted by Gasteiger charge is -2.13. The van der Waals surface area contributed by atoms with Crippen molar-refractivity contribution >= 4 is 45.9 Å². The molecule has 1 saturated carbocycles. The summed E-state index contributed by atoms with van der Waals surface area (Å²) in [6.07, 6.45) is 4.38. The van der Waals surface area contributed by atoms with Gasteiger partial charge in [0.15, 0.2) is 17.4 Å². The van der Waals surface area contributed by atoms with E-state index in [1.807, 2.05) is 0 Å². The largest absolute Gasteiger partial charge is 0.454 e. The van der Waals surface area contributed by atoms with Gasteiger partial charge in [0.2, 0.25) is 5.91 Å². The summed E-state index contributed by atoms with van der Waals surface area (Å²) in [7, 11) is 0. The van der Waals surface area contributed by atoms with E-state index >= 15 is 0 Å². The Balaban J connectivity index is 1.35. The Morgan fingerprint density at radius 2 is 1.72 bits per heavy atom. The highest BCUT2D eigenvalue weighted by atomic mass is 127. The van der Waals surface area contributed by atoms with Crippen molar-refractivity contribution in [2.75, 3.05) is 10.6 Å². The SMILES string of the molecule is O=C(Nc1cc(F)c(Oc2ccnc(NC(=O)C3CC3)c2)cc1F)c1c(I)ccn(-c2ccc(F)cc2)c1=O. The van der Waals surface area contributed by atoms with Gasteiger partial charge in [0, 0.05) is 45.8 Å². The second kappa shape index (κ2) is 10.9. The van der Waals surface area contributed by atoms with Crippen molar-refractivity contribution in [1.29, 1.82) is 0 Å². The molecule has 2 N–H and O–H groups in total. The molecule has 1 aliphatic carbocycles. The Bertz CT molecular complexity index is 1660. The molecule has 0 bridgehead atoms. The van der Waals surface area contributed by atoms with E-state index in [2.05, 4.69) is 15.6 Å². The van der Waals surface area contributed by atoms with E-state index < -0.39 is 40.4 Å². The van der Waals surface area contributed by atoms with Crippen molar-refractivity contribution in [2.45, 2.75) is 12.8 Å². The lowest BCUT2D eigenvalue weighted by atomic mass is 10.2. The number of hydrogen-bond donors (Lipinski definition) is 2. The minimum atomic E-state index is -1.01. The molecule has 1 fully saturated rings. The van der Waals surface area contributed by atoms with Gasteiger partial charge in [-0.1, -0.05) is 0 Å². The molecule has 2 amide bonds. The lowest BCUT2D eigenvalue weighted by Crippen LogP contribution is -2.29. The van der Waals surface area contributed by atoms with Crippen molar-refractivity contribution in [2.24, 2.45) is 5.92 Å². The van der Waals surface area contributed by atoms with E-state index in [4.69, 9.17) is 4.74 Å². The van der Waals surface area contributed by atoms with Gasteiger partial charge in [-0.15, -0.1) is 0 Å². The molecule has 0 unspecified atom stereocenters. The van der Waals surface area contributed by atoms with Crippen LogP contribution < -0.4 is 20.9 Å². The summed E-state index contributed by atoms with van der Waals surface area (Å²) in [6.45, 7) is 0. The number of hydrogen-bond acceptors (Lipinski definition) is 5. The van der Waals surface area contributed by atoms with Crippen LogP contribution in [0.2, 0.25) is 0 Å². The zero-order valence-corrected chi connectivity index (χ0v) is 22.0. The van der Waals surface area contributed by atoms with Crippen LogP contribution in [0.5, 0.6) is 11.5 Å². The maximum absolute atomic E-state index is 14.9. The fourth-order valence-corrected chi connectivity index (χ4v) is 4.29. The van der Waals surface area contributed by atoms with E-state index in [0.29, 0.717) is 5.69 Å². The summed E-state index contributed by atoms with van der Waals surface area (Å²) in [5, 5.41) is 4.87. The molecular formula is C27H18F3IN4O4. The lowest BCUT2D eigenvalue weighted by molar-refractivity contribution is -0.117. The summed E-state index contributed by atoms with van der Waals surface area (Å²) >= 11 is 1.78. The van der Waals surface area contributed by atoms with Gasteiger partial charge >= 0.3 is 0 Å². The molecule has 1 aliphatic rings. The molecule has 12 heteroatoms. The Hall–Kier alpha value is -4.20. The van der Waals surface area contributed by atoms with Crippen LogP contribution in [-0.2, 0) is 4.79 Å². The summed E-state index contributed by atoms with van der Waals surface area (Å²) in [5.41, 5.74) is -1.23. The third-order valence-corrected chi connectivity index (χ3v) is 6.70. The Morgan fingerprint density at radius 3 is 2.44 bits per heavy atom. The van der Waals surface area contributed by atoms with Gasteiger partial charge < -0.3 is 15.4 Å². The molecule has 2 heterocycles. The third-order valence-electron chi connectivity index (χ3n) is 5.80. The molecule has 0 aliphatic heterocycles. The van der Waals surface area contributed by atoms with E-state index in [0.717, 1.165) is 41.7 Å². The van der Waals surface area contributed by atoms with Gasteiger partial charge in [-0.3, -0.25) is 19.0 Å². The van der Waals surface area contributed by atoms with Crippen molar-refractivity contribution < 1.29 is 27.5 Å². The summed E-state index contributed by atoms with van der Waals surface area (Å²) in [4.78, 5) is 42.0. The van der Waals surface area contributed by atoms with Gasteiger partial charge in [0.1, 0.15) is 22.9 Å². The highest BCUT2D eigenvalue weighted by molar-refractivity contribution is 14.1. The monoisotopic (exact) mass is 646 g/mol. The van der Waals surface area contributed by atoms with Gasteiger partial charge in [-0.25, -0.2) is 18.2 Å². The molecule has 0 atom stereocenters. The molecule has 8 nitrogen and oxygen atoms in total. The average molecular weight is 646 g/mol. The predicted octanol–water partition coefficient (Wildman–Crippen LogP) is 5.65. The first-order chi connectivity index (χ1) is 18.7. The van der Waals surface area contributed by atoms with Crippen molar-refractivity contribution in [1.82, 2.24) is 9.55 Å². The molecule has 198 valence electrons. The number of benzene rings is 2. The number of amides is 2. The van der Waals surface area contributed by atoms with E-state index in [1.54, 1.807) is 22.6 Å². The standard InChI is InChI=1S/C27H18F3IN4O4/c28-15-3-5-16(6-4-15)35-10-8-20(31)24(27(35)38)26(37)33-21-12-19(30)22(13-18(21)29)39-17-7-9-32-23(11-17)34-25(36)14-1-2-14/h3-14H,1-2H2,(H,33,37)(H,32,34,36). The number of anilines is 2. The fourth-order valence-electron chi connectivity index (χ4n) is 3.66. The number of ether oxygens (including phenoxy) is 1. The average Bonchev–Trinajstić information content (AvgIpc) is 3.74. The van der Waals surface area contributed by atoms with Crippen LogP contribution in [0.4, 0.5) is 24.7 Å². The zero-order valence-electron chi connectivity index (χ0n) is 19.9. The molecule has 4 aromatic rings. The second-order valence-electron chi connectivity index (χ2n) is 8.65. The quantitative estimate of drug-likeness (QED) is 0.253. The van der Waals surface area contributed by atoms with Crippen LogP contribution in [-0.4, -0.2) is 21.4 Å². The van der Waals surface area contributed by atoms with Crippen molar-refractivity contribution in [3.63, 3.8) is 0 Å². The van der Waals surface area contributed by atoms with Crippen LogP contribution in [0.25, 0.3) is 5.69 Å². The number of nitrogens with one attached hydrogen (secondary N) is 2. The Labute approximate surface area is 233 Å². The van der Waals surface area contributed by atoms with Gasteiger partial charge in [0.05, 0.1) is 5.69 Å². The fraction of sp³-hybridized carbons (Fsp3) is 0.111. The number of carbonyl (C=O) groups is 2. The second-order valence-corrected chi connectivity index (χ2v) is 9.81. The highest BCUT2D eigenvalue weighted by Crippen LogP contribution is 2.32.